The van der Waals surface area contributed by atoms with Gasteiger partial charge in [-0.05, 0) is 18.6 Å². The topological polar surface area (TPSA) is 54.7 Å². The first kappa shape index (κ1) is 8.23. The summed E-state index contributed by atoms with van der Waals surface area (Å²) in [5.41, 5.74) is 3.88. The molecule has 4 heteroatoms. The largest absolute Gasteiger partial charge is 0.364 e. The van der Waals surface area contributed by atoms with Crippen LogP contribution in [0.25, 0.3) is 22.6 Å². The van der Waals surface area contributed by atoms with Crippen LogP contribution in [0.2, 0.25) is 0 Å². The third-order valence-electron chi connectivity index (χ3n) is 2.39. The number of aryl methyl sites for hydroxylation is 1. The minimum Gasteiger partial charge on any atom is -0.364 e. The van der Waals surface area contributed by atoms with Gasteiger partial charge >= 0.3 is 0 Å². The Balaban J connectivity index is 2.27. The van der Waals surface area contributed by atoms with Gasteiger partial charge in [-0.2, -0.15) is 0 Å². The summed E-state index contributed by atoms with van der Waals surface area (Å²) in [6.45, 7) is 2.04. The number of rotatable bonds is 1. The summed E-state index contributed by atoms with van der Waals surface area (Å²) < 4.78 is 4.79. The Bertz CT molecular complexity index is 595. The molecule has 4 nitrogen and oxygen atoms in total. The van der Waals surface area contributed by atoms with Crippen molar-refractivity contribution >= 4 is 11.0 Å². The van der Waals surface area contributed by atoms with Crippen molar-refractivity contribution in [1.82, 2.24) is 15.1 Å². The molecule has 0 aliphatic heterocycles. The Labute approximate surface area is 85.9 Å². The molecule has 15 heavy (non-hydrogen) atoms. The van der Waals surface area contributed by atoms with Crippen molar-refractivity contribution in [2.24, 2.45) is 0 Å². The van der Waals surface area contributed by atoms with Crippen LogP contribution in [0.3, 0.4) is 0 Å². The Morgan fingerprint density at radius 1 is 1.27 bits per heavy atom. The number of hydrogen-bond acceptors (Lipinski definition) is 3. The van der Waals surface area contributed by atoms with Crippen molar-refractivity contribution in [2.75, 3.05) is 0 Å². The highest BCUT2D eigenvalue weighted by Crippen LogP contribution is 2.20. The zero-order chi connectivity index (χ0) is 10.3. The molecule has 0 saturated carbocycles. The molecule has 3 rings (SSSR count). The van der Waals surface area contributed by atoms with Crippen LogP contribution in [-0.2, 0) is 0 Å². The van der Waals surface area contributed by atoms with E-state index in [-0.39, 0.29) is 0 Å². The third kappa shape index (κ3) is 1.22. The van der Waals surface area contributed by atoms with Crippen molar-refractivity contribution in [3.05, 3.63) is 36.1 Å². The molecule has 2 aromatic heterocycles. The van der Waals surface area contributed by atoms with Crippen LogP contribution in [0.4, 0.5) is 0 Å². The minimum atomic E-state index is 0.727. The summed E-state index contributed by atoms with van der Waals surface area (Å²) in [4.78, 5) is 7.68. The van der Waals surface area contributed by atoms with E-state index in [2.05, 4.69) is 15.1 Å². The van der Waals surface area contributed by atoms with Gasteiger partial charge in [0.15, 0.2) is 5.82 Å². The fourth-order valence-electron chi connectivity index (χ4n) is 1.63. The molecule has 3 aromatic rings. The Hall–Kier alpha value is -2.10. The summed E-state index contributed by atoms with van der Waals surface area (Å²) in [6, 6.07) is 7.82. The summed E-state index contributed by atoms with van der Waals surface area (Å²) in [7, 11) is 0. The molecule has 2 heterocycles. The standard InChI is InChI=1S/C11H9N3O/c1-7-3-2-4-8-10(7)13-11(12-8)9-5-6-15-14-9/h2-6H,1H3,(H,12,13). The number of para-hydroxylation sites is 1. The first-order valence-electron chi connectivity index (χ1n) is 4.71. The monoisotopic (exact) mass is 199 g/mol. The van der Waals surface area contributed by atoms with E-state index in [0.717, 1.165) is 28.1 Å². The van der Waals surface area contributed by atoms with Gasteiger partial charge < -0.3 is 9.51 Å². The van der Waals surface area contributed by atoms with Crippen LogP contribution in [0.5, 0.6) is 0 Å². The van der Waals surface area contributed by atoms with Crippen LogP contribution in [0, 0.1) is 6.92 Å². The SMILES string of the molecule is Cc1cccc2[nH]c(-c3ccon3)nc12. The average molecular weight is 199 g/mol. The van der Waals surface area contributed by atoms with Crippen molar-refractivity contribution < 1.29 is 4.52 Å². The number of fused-ring (bicyclic) bond motifs is 1. The second-order valence-electron chi connectivity index (χ2n) is 3.44. The summed E-state index contributed by atoms with van der Waals surface area (Å²) in [5.74, 6) is 0.744. The van der Waals surface area contributed by atoms with Gasteiger partial charge in [0, 0.05) is 6.07 Å². The Kier molecular flexibility index (Phi) is 1.62. The molecule has 0 aliphatic carbocycles. The van der Waals surface area contributed by atoms with Crippen molar-refractivity contribution in [3.8, 4) is 11.5 Å². The average Bonchev–Trinajstić information content (AvgIpc) is 2.86. The maximum Gasteiger partial charge on any atom is 0.160 e. The first-order chi connectivity index (χ1) is 7.34. The number of nitrogens with one attached hydrogen (secondary N) is 1. The van der Waals surface area contributed by atoms with E-state index in [1.165, 1.54) is 6.26 Å². The number of hydrogen-bond donors (Lipinski definition) is 1. The molecule has 0 atom stereocenters. The van der Waals surface area contributed by atoms with Crippen LogP contribution in [-0.4, -0.2) is 15.1 Å². The van der Waals surface area contributed by atoms with Crippen LogP contribution < -0.4 is 0 Å². The molecule has 0 amide bonds. The van der Waals surface area contributed by atoms with Gasteiger partial charge in [-0.15, -0.1) is 0 Å². The number of aromatic nitrogens is 3. The molecule has 1 aromatic carbocycles. The number of aromatic amines is 1. The second-order valence-corrected chi connectivity index (χ2v) is 3.44. The Morgan fingerprint density at radius 3 is 2.93 bits per heavy atom. The lowest BCUT2D eigenvalue weighted by Crippen LogP contribution is -1.78. The van der Waals surface area contributed by atoms with Crippen LogP contribution in [0.15, 0.2) is 35.1 Å². The normalized spacial score (nSPS) is 11.0. The van der Waals surface area contributed by atoms with E-state index in [4.69, 9.17) is 4.52 Å². The highest BCUT2D eigenvalue weighted by molar-refractivity contribution is 5.81. The zero-order valence-electron chi connectivity index (χ0n) is 8.19. The quantitative estimate of drug-likeness (QED) is 0.655. The minimum absolute atomic E-state index is 0.727. The molecule has 0 unspecified atom stereocenters. The lowest BCUT2D eigenvalue weighted by molar-refractivity contribution is 0.422. The van der Waals surface area contributed by atoms with Crippen LogP contribution >= 0.6 is 0 Å². The molecule has 0 saturated heterocycles. The lowest BCUT2D eigenvalue weighted by Gasteiger charge is -1.90. The maximum atomic E-state index is 4.79. The maximum absolute atomic E-state index is 4.79. The van der Waals surface area contributed by atoms with Crippen LogP contribution in [0.1, 0.15) is 5.56 Å². The molecule has 0 fully saturated rings. The molecular formula is C11H9N3O. The van der Waals surface area contributed by atoms with Gasteiger partial charge in [-0.3, -0.25) is 0 Å². The molecule has 1 N–H and O–H groups in total. The first-order valence-corrected chi connectivity index (χ1v) is 4.71. The number of H-pyrrole nitrogens is 1. The molecule has 0 aliphatic rings. The van der Waals surface area contributed by atoms with Gasteiger partial charge in [0.25, 0.3) is 0 Å². The van der Waals surface area contributed by atoms with Crippen molar-refractivity contribution in [3.63, 3.8) is 0 Å². The van der Waals surface area contributed by atoms with E-state index in [0.29, 0.717) is 0 Å². The lowest BCUT2D eigenvalue weighted by atomic mass is 10.2. The predicted molar refractivity (Wildman–Crippen MR) is 56.3 cm³/mol. The van der Waals surface area contributed by atoms with E-state index in [1.807, 2.05) is 25.1 Å². The van der Waals surface area contributed by atoms with Crippen molar-refractivity contribution in [1.29, 1.82) is 0 Å². The van der Waals surface area contributed by atoms with Gasteiger partial charge in [-0.25, -0.2) is 4.98 Å². The number of nitrogens with zero attached hydrogens (tertiary/aromatic N) is 2. The Morgan fingerprint density at radius 2 is 2.20 bits per heavy atom. The van der Waals surface area contributed by atoms with E-state index >= 15 is 0 Å². The van der Waals surface area contributed by atoms with Gasteiger partial charge in [0.2, 0.25) is 0 Å². The zero-order valence-corrected chi connectivity index (χ0v) is 8.19. The second kappa shape index (κ2) is 2.95. The van der Waals surface area contributed by atoms with Crippen molar-refractivity contribution in [2.45, 2.75) is 6.92 Å². The molecule has 0 spiro atoms. The number of imidazole rings is 1. The van der Waals surface area contributed by atoms with E-state index in [1.54, 1.807) is 6.07 Å². The fraction of sp³-hybridized carbons (Fsp3) is 0.0909. The van der Waals surface area contributed by atoms with Gasteiger partial charge in [0.05, 0.1) is 11.0 Å². The molecule has 74 valence electrons. The molecule has 0 radical (unpaired) electrons. The van der Waals surface area contributed by atoms with E-state index < -0.39 is 0 Å². The highest BCUT2D eigenvalue weighted by Gasteiger charge is 2.08. The number of benzene rings is 1. The predicted octanol–water partition coefficient (Wildman–Crippen LogP) is 2.53. The van der Waals surface area contributed by atoms with Gasteiger partial charge in [0.1, 0.15) is 12.0 Å². The summed E-state index contributed by atoms with van der Waals surface area (Å²) >= 11 is 0. The molecule has 0 bridgehead atoms. The highest BCUT2D eigenvalue weighted by atomic mass is 16.5. The summed E-state index contributed by atoms with van der Waals surface area (Å²) in [5, 5.41) is 3.84. The van der Waals surface area contributed by atoms with Gasteiger partial charge in [-0.1, -0.05) is 17.3 Å². The van der Waals surface area contributed by atoms with E-state index in [9.17, 15) is 0 Å². The smallest absolute Gasteiger partial charge is 0.160 e. The summed E-state index contributed by atoms with van der Waals surface area (Å²) in [6.07, 6.45) is 1.54. The fourth-order valence-corrected chi connectivity index (χ4v) is 1.63. The molecular weight excluding hydrogens is 190 g/mol. The third-order valence-corrected chi connectivity index (χ3v) is 2.39.